The minimum atomic E-state index is -4.02. The molecule has 0 spiro atoms. The number of aliphatic carboxylic acids is 1. The highest BCUT2D eigenvalue weighted by molar-refractivity contribution is 7.85. The van der Waals surface area contributed by atoms with Crippen molar-refractivity contribution in [2.75, 3.05) is 64.5 Å². The van der Waals surface area contributed by atoms with Crippen LogP contribution in [0.4, 0.5) is 5.69 Å². The summed E-state index contributed by atoms with van der Waals surface area (Å²) >= 11 is 0. The first-order valence-electron chi connectivity index (χ1n) is 17.7. The first-order valence-corrected chi connectivity index (χ1v) is 19.3. The molecule has 2 aliphatic rings. The van der Waals surface area contributed by atoms with Crippen molar-refractivity contribution in [2.24, 2.45) is 0 Å². The number of anilines is 1. The summed E-state index contributed by atoms with van der Waals surface area (Å²) in [5, 5.41) is 20.5. The molecule has 12 nitrogen and oxygen atoms in total. The third-order valence-electron chi connectivity index (χ3n) is 8.39. The number of carboxylic acids is 1. The number of likely N-dealkylation sites (N-methyl/N-ethyl adjacent to an activating group) is 1. The maximum atomic E-state index is 12.8. The molecule has 1 aromatic heterocycles. The minimum Gasteiger partial charge on any atom is -0.506 e. The van der Waals surface area contributed by atoms with Gasteiger partial charge < -0.3 is 28.4 Å². The second-order valence-electron chi connectivity index (χ2n) is 14.8. The van der Waals surface area contributed by atoms with Crippen LogP contribution in [0.2, 0.25) is 0 Å². The molecular formula is C40H55N3O9S+2. The molecule has 0 bridgehead atoms. The Bertz CT molecular complexity index is 2160. The number of nitrogens with zero attached hydrogens (tertiary/aromatic N) is 3. The normalized spacial score (nSPS) is 13.1. The highest BCUT2D eigenvalue weighted by atomic mass is 32.2. The second kappa shape index (κ2) is 17.9. The molecule has 0 unspecified atom stereocenters. The molecule has 2 heterocycles. The first kappa shape index (κ1) is 42.7. The number of hydrogen-bond donors (Lipinski definition) is 3. The van der Waals surface area contributed by atoms with Crippen LogP contribution in [-0.2, 0) is 20.3 Å². The van der Waals surface area contributed by atoms with Crippen LogP contribution in [0.5, 0.6) is 5.75 Å². The minimum absolute atomic E-state index is 0.0735. The zero-order valence-electron chi connectivity index (χ0n) is 32.3. The largest absolute Gasteiger partial charge is 0.506 e. The van der Waals surface area contributed by atoms with Gasteiger partial charge in [0.15, 0.2) is 6.54 Å². The van der Waals surface area contributed by atoms with Crippen molar-refractivity contribution in [1.29, 1.82) is 0 Å². The monoisotopic (exact) mass is 753 g/mol. The van der Waals surface area contributed by atoms with Gasteiger partial charge in [-0.1, -0.05) is 39.0 Å². The molecule has 1 aliphatic heterocycles. The molecule has 1 aliphatic carbocycles. The van der Waals surface area contributed by atoms with Crippen LogP contribution in [0.25, 0.3) is 34.4 Å². The second-order valence-corrected chi connectivity index (χ2v) is 16.4. The molecule has 4 rings (SSSR count). The van der Waals surface area contributed by atoms with Gasteiger partial charge in [-0.25, -0.2) is 14.2 Å². The molecule has 0 amide bonds. The highest BCUT2D eigenvalue weighted by Gasteiger charge is 2.22. The van der Waals surface area contributed by atoms with Crippen molar-refractivity contribution < 1.29 is 41.3 Å². The quantitative estimate of drug-likeness (QED) is 0.0492. The van der Waals surface area contributed by atoms with Gasteiger partial charge >= 0.3 is 11.6 Å². The van der Waals surface area contributed by atoms with Crippen molar-refractivity contribution in [1.82, 2.24) is 4.58 Å². The van der Waals surface area contributed by atoms with Crippen molar-refractivity contribution >= 4 is 44.9 Å². The molecular weight excluding hydrogens is 699 g/mol. The fourth-order valence-electron chi connectivity index (χ4n) is 5.65. The van der Waals surface area contributed by atoms with Gasteiger partial charge in [-0.3, -0.25) is 4.55 Å². The fraction of sp³-hybridized carbons (Fsp3) is 0.425. The molecule has 288 valence electrons. The number of benzene rings is 2. The Morgan fingerprint density at radius 2 is 1.62 bits per heavy atom. The fourth-order valence-corrected chi connectivity index (χ4v) is 6.14. The number of fused-ring (bicyclic) bond motifs is 2. The van der Waals surface area contributed by atoms with E-state index in [1.165, 1.54) is 0 Å². The molecule has 0 saturated carbocycles. The van der Waals surface area contributed by atoms with Gasteiger partial charge in [-0.05, 0) is 56.7 Å². The maximum Gasteiger partial charge on any atom is 0.359 e. The number of quaternary nitrogens is 1. The summed E-state index contributed by atoms with van der Waals surface area (Å²) in [4.78, 5) is 25.0. The first-order chi connectivity index (χ1) is 24.7. The Morgan fingerprint density at radius 3 is 2.17 bits per heavy atom. The number of allylic oxidation sites excluding steroid dienone is 2. The van der Waals surface area contributed by atoms with Gasteiger partial charge in [0.05, 0.1) is 38.3 Å². The SMILES string of the molecule is CCN(CC)c1ccc2c(O)c(/C=C/C=C/c3cc(C(C)(C)C)oc4cc(=[N+](CC)CCCS(=O)(=O)O)ccc3-4)c(=O)oc2c1.C[N+](C)(C)CC(=O)O. The van der Waals surface area contributed by atoms with Crippen molar-refractivity contribution in [2.45, 2.75) is 53.4 Å². The van der Waals surface area contributed by atoms with E-state index in [-0.39, 0.29) is 29.0 Å². The Morgan fingerprint density at radius 1 is 0.962 bits per heavy atom. The lowest BCUT2D eigenvalue weighted by Gasteiger charge is -2.21. The smallest absolute Gasteiger partial charge is 0.359 e. The van der Waals surface area contributed by atoms with Gasteiger partial charge in [0.1, 0.15) is 41.5 Å². The zero-order chi connectivity index (χ0) is 39.7. The lowest BCUT2D eigenvalue weighted by Crippen LogP contribution is -2.39. The predicted octanol–water partition coefficient (Wildman–Crippen LogP) is 5.91. The summed E-state index contributed by atoms with van der Waals surface area (Å²) in [6, 6.07) is 13.3. The van der Waals surface area contributed by atoms with Gasteiger partial charge in [-0.2, -0.15) is 8.42 Å². The van der Waals surface area contributed by atoms with E-state index < -0.39 is 21.7 Å². The van der Waals surface area contributed by atoms with E-state index in [0.29, 0.717) is 40.7 Å². The molecule has 1 aromatic carbocycles. The predicted molar refractivity (Wildman–Crippen MR) is 212 cm³/mol. The summed E-state index contributed by atoms with van der Waals surface area (Å²) in [7, 11) is 1.51. The summed E-state index contributed by atoms with van der Waals surface area (Å²) in [6.45, 7) is 15.2. The van der Waals surface area contributed by atoms with Crippen LogP contribution >= 0.6 is 0 Å². The van der Waals surface area contributed by atoms with Crippen LogP contribution in [0.3, 0.4) is 0 Å². The van der Waals surface area contributed by atoms with E-state index in [1.807, 2.05) is 69.1 Å². The van der Waals surface area contributed by atoms with Crippen LogP contribution in [0.15, 0.2) is 68.2 Å². The lowest BCUT2D eigenvalue weighted by atomic mass is 9.90. The number of hydrogen-bond acceptors (Lipinski definition) is 8. The number of carboxylic acid groups (broad SMARTS) is 1. The lowest BCUT2D eigenvalue weighted by molar-refractivity contribution is -0.862. The third-order valence-corrected chi connectivity index (χ3v) is 9.19. The maximum absolute atomic E-state index is 12.8. The molecule has 3 N–H and O–H groups in total. The average Bonchev–Trinajstić information content (AvgIpc) is 3.04. The summed E-state index contributed by atoms with van der Waals surface area (Å²) < 4.78 is 45.9. The van der Waals surface area contributed by atoms with E-state index in [1.54, 1.807) is 30.4 Å². The van der Waals surface area contributed by atoms with Crippen LogP contribution < -0.4 is 20.5 Å². The van der Waals surface area contributed by atoms with Crippen LogP contribution in [0.1, 0.15) is 64.9 Å². The van der Waals surface area contributed by atoms with E-state index in [2.05, 4.69) is 39.5 Å². The van der Waals surface area contributed by atoms with Crippen molar-refractivity contribution in [3.8, 4) is 17.1 Å². The van der Waals surface area contributed by atoms with Gasteiger partial charge in [-0.15, -0.1) is 0 Å². The van der Waals surface area contributed by atoms with Gasteiger partial charge in [0.2, 0.25) is 5.36 Å². The van der Waals surface area contributed by atoms with Crippen molar-refractivity contribution in [3.05, 3.63) is 87.3 Å². The van der Waals surface area contributed by atoms with Gasteiger partial charge in [0.25, 0.3) is 10.1 Å². The Hall–Kier alpha value is -4.72. The van der Waals surface area contributed by atoms with E-state index >= 15 is 0 Å². The molecule has 0 saturated heterocycles. The van der Waals surface area contributed by atoms with Crippen molar-refractivity contribution in [3.63, 3.8) is 0 Å². The molecule has 2 aromatic rings. The van der Waals surface area contributed by atoms with E-state index in [9.17, 15) is 23.1 Å². The standard InChI is InChI=1S/C35H42N2O7S.C5H11NO2/c1-7-36(8-2)25-16-18-28-31(22-25)44-34(39)29(33(28)38)14-11-10-13-24-21-32(35(4,5)6)43-30-23-26(15-17-27(24)30)37(9-3)19-12-20-45(40,41)42;1-6(2,3)4-5(7)8/h10-11,13-18,21-23H,7-9,12,19-20H2,1-6H3,(H,40,41,42);4H2,1-3H3/p+2. The Balaban J connectivity index is 0.000000846. The molecule has 0 fully saturated rings. The average molecular weight is 754 g/mol. The summed E-state index contributed by atoms with van der Waals surface area (Å²) in [5.41, 5.74) is 2.22. The molecule has 53 heavy (non-hydrogen) atoms. The summed E-state index contributed by atoms with van der Waals surface area (Å²) in [6.07, 6.45) is 7.25. The molecule has 0 atom stereocenters. The number of aromatic hydroxyl groups is 1. The third kappa shape index (κ3) is 12.4. The topological polar surface area (TPSA) is 162 Å². The Labute approximate surface area is 312 Å². The number of rotatable bonds is 13. The Kier molecular flexibility index (Phi) is 14.4. The molecule has 0 radical (unpaired) electrons. The summed E-state index contributed by atoms with van der Waals surface area (Å²) in [5.74, 6) is 0.281. The van der Waals surface area contributed by atoms with Crippen LogP contribution in [0, 0.1) is 0 Å². The highest BCUT2D eigenvalue weighted by Crippen LogP contribution is 2.33. The van der Waals surface area contributed by atoms with E-state index in [4.69, 9.17) is 18.5 Å². The van der Waals surface area contributed by atoms with Crippen LogP contribution in [-0.4, -0.2) is 93.3 Å². The van der Waals surface area contributed by atoms with Gasteiger partial charge in [0, 0.05) is 48.3 Å². The van der Waals surface area contributed by atoms with E-state index in [0.717, 1.165) is 41.0 Å². The molecule has 13 heteroatoms. The number of carbonyl (C=O) groups is 1. The zero-order valence-corrected chi connectivity index (χ0v) is 33.2.